The van der Waals surface area contributed by atoms with Crippen molar-refractivity contribution in [2.45, 2.75) is 77.7 Å². The minimum atomic E-state index is -0.0527. The molecule has 3 heteroatoms. The number of oxime groups is 1. The minimum absolute atomic E-state index is 0.0527. The largest absolute Gasteiger partial charge is 0.411 e. The quantitative estimate of drug-likeness (QED) is 0.520. The Hall–Kier alpha value is -0.570. The summed E-state index contributed by atoms with van der Waals surface area (Å²) in [6.45, 7) is 4.88. The molecule has 2 N–H and O–H groups in total. The van der Waals surface area contributed by atoms with Crippen molar-refractivity contribution in [2.24, 2.45) is 39.7 Å². The molecule has 0 radical (unpaired) electrons. The van der Waals surface area contributed by atoms with Crippen LogP contribution in [0.4, 0.5) is 0 Å². The van der Waals surface area contributed by atoms with Crippen molar-refractivity contribution in [3.8, 4) is 0 Å². The predicted molar refractivity (Wildman–Crippen MR) is 87.0 cm³/mol. The number of nitrogens with zero attached hydrogens (tertiary/aromatic N) is 1. The second-order valence-corrected chi connectivity index (χ2v) is 9.13. The van der Waals surface area contributed by atoms with Crippen LogP contribution in [0.2, 0.25) is 0 Å². The topological polar surface area (TPSA) is 52.8 Å². The lowest BCUT2D eigenvalue weighted by molar-refractivity contribution is -0.114. The maximum absolute atomic E-state index is 10.1. The van der Waals surface area contributed by atoms with Crippen LogP contribution < -0.4 is 0 Å². The van der Waals surface area contributed by atoms with Crippen molar-refractivity contribution in [3.63, 3.8) is 0 Å². The van der Waals surface area contributed by atoms with E-state index < -0.39 is 0 Å². The highest BCUT2D eigenvalue weighted by Crippen LogP contribution is 2.65. The molecule has 22 heavy (non-hydrogen) atoms. The zero-order valence-corrected chi connectivity index (χ0v) is 14.1. The van der Waals surface area contributed by atoms with Crippen LogP contribution in [0.1, 0.15) is 71.6 Å². The first-order chi connectivity index (χ1) is 10.5. The molecule has 7 unspecified atom stereocenters. The molecule has 0 saturated heterocycles. The summed E-state index contributed by atoms with van der Waals surface area (Å²) >= 11 is 0. The molecule has 0 aromatic heterocycles. The first-order valence-electron chi connectivity index (χ1n) is 9.38. The van der Waals surface area contributed by atoms with Gasteiger partial charge in [-0.25, -0.2) is 0 Å². The second kappa shape index (κ2) is 4.96. The van der Waals surface area contributed by atoms with Crippen molar-refractivity contribution in [2.75, 3.05) is 0 Å². The number of aliphatic hydroxyl groups is 1. The second-order valence-electron chi connectivity index (χ2n) is 9.13. The predicted octanol–water partition coefficient (Wildman–Crippen LogP) is 4.22. The molecule has 0 bridgehead atoms. The van der Waals surface area contributed by atoms with Crippen molar-refractivity contribution in [3.05, 3.63) is 0 Å². The van der Waals surface area contributed by atoms with E-state index in [0.29, 0.717) is 5.41 Å². The van der Waals surface area contributed by atoms with E-state index in [2.05, 4.69) is 19.0 Å². The Morgan fingerprint density at radius 1 is 1.00 bits per heavy atom. The fourth-order valence-corrected chi connectivity index (χ4v) is 7.19. The molecule has 7 atom stereocenters. The summed E-state index contributed by atoms with van der Waals surface area (Å²) in [6, 6.07) is 0. The van der Waals surface area contributed by atoms with Gasteiger partial charge < -0.3 is 10.3 Å². The Morgan fingerprint density at radius 2 is 1.82 bits per heavy atom. The summed E-state index contributed by atoms with van der Waals surface area (Å²) in [5.74, 6) is 3.10. The normalized spacial score (nSPS) is 56.3. The number of hydrogen-bond acceptors (Lipinski definition) is 3. The molecule has 0 heterocycles. The van der Waals surface area contributed by atoms with Crippen LogP contribution in [0.5, 0.6) is 0 Å². The van der Waals surface area contributed by atoms with E-state index in [4.69, 9.17) is 0 Å². The molecular weight excluding hydrogens is 274 g/mol. The smallest absolute Gasteiger partial charge is 0.0632 e. The van der Waals surface area contributed by atoms with Gasteiger partial charge in [-0.1, -0.05) is 19.0 Å². The average Bonchev–Trinajstić information content (AvgIpc) is 2.84. The van der Waals surface area contributed by atoms with E-state index in [-0.39, 0.29) is 11.5 Å². The Balaban J connectivity index is 1.63. The third-order valence-corrected chi connectivity index (χ3v) is 8.50. The molecule has 0 amide bonds. The summed E-state index contributed by atoms with van der Waals surface area (Å²) < 4.78 is 0. The van der Waals surface area contributed by atoms with Gasteiger partial charge in [0.15, 0.2) is 0 Å². The first-order valence-corrected chi connectivity index (χ1v) is 9.38. The Labute approximate surface area is 134 Å². The summed E-state index contributed by atoms with van der Waals surface area (Å²) in [6.07, 6.45) is 10.5. The fraction of sp³-hybridized carbons (Fsp3) is 0.947. The zero-order chi connectivity index (χ0) is 15.5. The van der Waals surface area contributed by atoms with Crippen LogP contribution >= 0.6 is 0 Å². The van der Waals surface area contributed by atoms with E-state index >= 15 is 0 Å². The average molecular weight is 305 g/mol. The highest BCUT2D eigenvalue weighted by molar-refractivity contribution is 5.91. The summed E-state index contributed by atoms with van der Waals surface area (Å²) in [5, 5.41) is 23.1. The van der Waals surface area contributed by atoms with Gasteiger partial charge in [-0.05, 0) is 86.9 Å². The number of fused-ring (bicyclic) bond motifs is 5. The Kier molecular flexibility index (Phi) is 3.38. The molecular formula is C19H31NO2. The van der Waals surface area contributed by atoms with Crippen LogP contribution in [0, 0.1) is 34.5 Å². The summed E-state index contributed by atoms with van der Waals surface area (Å²) in [4.78, 5) is 0. The van der Waals surface area contributed by atoms with Crippen LogP contribution in [-0.4, -0.2) is 22.1 Å². The Morgan fingerprint density at radius 3 is 2.59 bits per heavy atom. The van der Waals surface area contributed by atoms with E-state index in [9.17, 15) is 10.3 Å². The van der Waals surface area contributed by atoms with Gasteiger partial charge in [0, 0.05) is 5.41 Å². The summed E-state index contributed by atoms with van der Waals surface area (Å²) in [5.41, 5.74) is 1.68. The zero-order valence-electron chi connectivity index (χ0n) is 14.1. The van der Waals surface area contributed by atoms with E-state index in [1.54, 1.807) is 0 Å². The molecule has 4 saturated carbocycles. The van der Waals surface area contributed by atoms with Gasteiger partial charge in [0.25, 0.3) is 0 Å². The molecule has 124 valence electrons. The maximum Gasteiger partial charge on any atom is 0.0632 e. The minimum Gasteiger partial charge on any atom is -0.411 e. The van der Waals surface area contributed by atoms with E-state index in [0.717, 1.165) is 48.6 Å². The third-order valence-electron chi connectivity index (χ3n) is 8.50. The molecule has 3 nitrogen and oxygen atoms in total. The van der Waals surface area contributed by atoms with Crippen molar-refractivity contribution in [1.29, 1.82) is 0 Å². The number of hydrogen-bond donors (Lipinski definition) is 2. The summed E-state index contributed by atoms with van der Waals surface area (Å²) in [7, 11) is 0. The van der Waals surface area contributed by atoms with Crippen molar-refractivity contribution >= 4 is 5.71 Å². The standard InChI is InChI=1S/C19H31NO2/c1-18-9-7-13(21)11-12(18)3-4-14-15-5-6-17(20-22)19(15,2)10-8-16(14)18/h12-16,21-22H,3-11H2,1-2H3/b20-17+. The lowest BCUT2D eigenvalue weighted by atomic mass is 9.45. The molecule has 4 rings (SSSR count). The maximum atomic E-state index is 10.1. The van der Waals surface area contributed by atoms with Gasteiger partial charge in [0.2, 0.25) is 0 Å². The van der Waals surface area contributed by atoms with Crippen molar-refractivity contribution < 1.29 is 10.3 Å². The van der Waals surface area contributed by atoms with Gasteiger partial charge in [0.1, 0.15) is 0 Å². The highest BCUT2D eigenvalue weighted by atomic mass is 16.4. The van der Waals surface area contributed by atoms with E-state index in [1.165, 1.54) is 38.5 Å². The first kappa shape index (κ1) is 15.0. The van der Waals surface area contributed by atoms with Crippen LogP contribution in [0.15, 0.2) is 5.16 Å². The van der Waals surface area contributed by atoms with Crippen LogP contribution in [-0.2, 0) is 0 Å². The van der Waals surface area contributed by atoms with Crippen LogP contribution in [0.3, 0.4) is 0 Å². The van der Waals surface area contributed by atoms with Gasteiger partial charge >= 0.3 is 0 Å². The number of rotatable bonds is 0. The monoisotopic (exact) mass is 305 g/mol. The van der Waals surface area contributed by atoms with Gasteiger partial charge in [-0.3, -0.25) is 0 Å². The molecule has 0 spiro atoms. The molecule has 0 aliphatic heterocycles. The van der Waals surface area contributed by atoms with E-state index in [1.807, 2.05) is 0 Å². The molecule has 4 aliphatic rings. The molecule has 0 aromatic carbocycles. The SMILES string of the molecule is CC12CCC3C(CCC4CC(O)CCC43C)C1CC/C2=N\O. The highest BCUT2D eigenvalue weighted by Gasteiger charge is 2.59. The Bertz CT molecular complexity index is 490. The van der Waals surface area contributed by atoms with Crippen molar-refractivity contribution in [1.82, 2.24) is 0 Å². The lowest BCUT2D eigenvalue weighted by Crippen LogP contribution is -2.54. The molecule has 4 aliphatic carbocycles. The number of aliphatic hydroxyl groups excluding tert-OH is 1. The van der Waals surface area contributed by atoms with Gasteiger partial charge in [0.05, 0.1) is 11.8 Å². The van der Waals surface area contributed by atoms with Gasteiger partial charge in [-0.2, -0.15) is 0 Å². The molecule has 4 fully saturated rings. The molecule has 0 aromatic rings. The lowest BCUT2D eigenvalue weighted by Gasteiger charge is -2.60. The third kappa shape index (κ3) is 1.87. The van der Waals surface area contributed by atoms with Crippen LogP contribution in [0.25, 0.3) is 0 Å². The van der Waals surface area contributed by atoms with Gasteiger partial charge in [-0.15, -0.1) is 0 Å². The fourth-order valence-electron chi connectivity index (χ4n) is 7.19.